The van der Waals surface area contributed by atoms with Crippen molar-refractivity contribution < 1.29 is 13.9 Å². The number of ether oxygens (including phenoxy) is 1. The van der Waals surface area contributed by atoms with Gasteiger partial charge in [-0.1, -0.05) is 12.1 Å². The van der Waals surface area contributed by atoms with Crippen LogP contribution in [0.25, 0.3) is 0 Å². The number of carbonyl (C=O) groups is 1. The summed E-state index contributed by atoms with van der Waals surface area (Å²) >= 11 is 0. The Hall–Kier alpha value is -1.22. The van der Waals surface area contributed by atoms with Crippen LogP contribution in [0.15, 0.2) is 24.3 Å². The summed E-state index contributed by atoms with van der Waals surface area (Å²) in [4.78, 5) is 11.2. The largest absolute Gasteiger partial charge is 0.373 e. The molecule has 3 heteroatoms. The maximum atomic E-state index is 12.6. The first kappa shape index (κ1) is 8.38. The van der Waals surface area contributed by atoms with Gasteiger partial charge < -0.3 is 4.74 Å². The number of hydrogen-bond donors (Lipinski definition) is 0. The highest BCUT2D eigenvalue weighted by molar-refractivity contribution is 5.88. The van der Waals surface area contributed by atoms with E-state index in [0.717, 1.165) is 5.56 Å². The van der Waals surface area contributed by atoms with Gasteiger partial charge in [-0.25, -0.2) is 4.39 Å². The van der Waals surface area contributed by atoms with Gasteiger partial charge in [-0.3, -0.25) is 4.79 Å². The summed E-state index contributed by atoms with van der Waals surface area (Å²) in [5.74, 6) is -0.401. The van der Waals surface area contributed by atoms with E-state index in [0.29, 0.717) is 6.61 Å². The van der Waals surface area contributed by atoms with Gasteiger partial charge in [0.15, 0.2) is 5.78 Å². The van der Waals surface area contributed by atoms with E-state index in [4.69, 9.17) is 4.74 Å². The molecule has 0 amide bonds. The van der Waals surface area contributed by atoms with Crippen molar-refractivity contribution >= 4 is 5.78 Å². The fourth-order valence-corrected chi connectivity index (χ4v) is 1.45. The molecule has 0 spiro atoms. The first-order chi connectivity index (χ1) is 6.27. The Morgan fingerprint density at radius 1 is 1.31 bits per heavy atom. The average Bonchev–Trinajstić information content (AvgIpc) is 2.53. The van der Waals surface area contributed by atoms with Gasteiger partial charge in [-0.05, 0) is 17.7 Å². The van der Waals surface area contributed by atoms with Crippen molar-refractivity contribution in [2.24, 2.45) is 0 Å². The lowest BCUT2D eigenvalue weighted by molar-refractivity contribution is -0.118. The molecule has 1 fully saturated rings. The van der Waals surface area contributed by atoms with E-state index in [-0.39, 0.29) is 24.1 Å². The Kier molecular flexibility index (Phi) is 2.10. The van der Waals surface area contributed by atoms with Gasteiger partial charge in [0.05, 0.1) is 12.5 Å². The molecule has 0 saturated carbocycles. The molecule has 1 aromatic carbocycles. The molecule has 1 saturated heterocycles. The van der Waals surface area contributed by atoms with Crippen LogP contribution in [0.2, 0.25) is 0 Å². The smallest absolute Gasteiger partial charge is 0.168 e. The molecule has 1 aliphatic heterocycles. The van der Waals surface area contributed by atoms with Crippen LogP contribution in [0.5, 0.6) is 0 Å². The molecular formula is C10H9FO2. The molecule has 13 heavy (non-hydrogen) atoms. The minimum Gasteiger partial charge on any atom is -0.373 e. The van der Waals surface area contributed by atoms with E-state index in [9.17, 15) is 9.18 Å². The van der Waals surface area contributed by atoms with E-state index < -0.39 is 0 Å². The highest BCUT2D eigenvalue weighted by Crippen LogP contribution is 2.22. The Bertz CT molecular complexity index is 318. The van der Waals surface area contributed by atoms with Crippen molar-refractivity contribution in [3.05, 3.63) is 35.6 Å². The molecule has 2 rings (SSSR count). The average molecular weight is 180 g/mol. The van der Waals surface area contributed by atoms with Crippen LogP contribution in [0.4, 0.5) is 4.39 Å². The normalized spacial score (nSPS) is 22.2. The zero-order valence-corrected chi connectivity index (χ0v) is 7.00. The predicted molar refractivity (Wildman–Crippen MR) is 45.0 cm³/mol. The lowest BCUT2D eigenvalue weighted by Gasteiger charge is -2.05. The Labute approximate surface area is 75.3 Å². The van der Waals surface area contributed by atoms with Crippen LogP contribution >= 0.6 is 0 Å². The van der Waals surface area contributed by atoms with Crippen LogP contribution in [-0.2, 0) is 9.53 Å². The number of halogens is 1. The molecule has 1 atom stereocenters. The molecule has 1 aliphatic rings. The van der Waals surface area contributed by atoms with Gasteiger partial charge in [0.1, 0.15) is 12.4 Å². The van der Waals surface area contributed by atoms with Crippen molar-refractivity contribution in [1.82, 2.24) is 0 Å². The summed E-state index contributed by atoms with van der Waals surface area (Å²) in [7, 11) is 0. The van der Waals surface area contributed by atoms with Crippen molar-refractivity contribution in [1.29, 1.82) is 0 Å². The van der Waals surface area contributed by atoms with E-state index in [1.807, 2.05) is 0 Å². The molecule has 1 heterocycles. The van der Waals surface area contributed by atoms with Gasteiger partial charge >= 0.3 is 0 Å². The van der Waals surface area contributed by atoms with Crippen LogP contribution in [0, 0.1) is 5.82 Å². The first-order valence-corrected chi connectivity index (χ1v) is 4.13. The van der Waals surface area contributed by atoms with E-state index in [1.54, 1.807) is 12.1 Å². The highest BCUT2D eigenvalue weighted by Gasteiger charge is 2.26. The number of hydrogen-bond acceptors (Lipinski definition) is 2. The summed E-state index contributed by atoms with van der Waals surface area (Å²) in [6, 6.07) is 5.99. The molecular weight excluding hydrogens is 171 g/mol. The number of ketones is 1. The lowest BCUT2D eigenvalue weighted by Crippen LogP contribution is -2.08. The van der Waals surface area contributed by atoms with Crippen LogP contribution in [0.1, 0.15) is 11.5 Å². The first-order valence-electron chi connectivity index (χ1n) is 4.13. The third-order valence-corrected chi connectivity index (χ3v) is 2.19. The van der Waals surface area contributed by atoms with Crippen molar-refractivity contribution in [2.75, 3.05) is 13.2 Å². The molecule has 0 radical (unpaired) electrons. The monoisotopic (exact) mass is 180 g/mol. The maximum absolute atomic E-state index is 12.6. The topological polar surface area (TPSA) is 26.3 Å². The van der Waals surface area contributed by atoms with Crippen LogP contribution < -0.4 is 0 Å². The second kappa shape index (κ2) is 3.26. The fraction of sp³-hybridized carbons (Fsp3) is 0.300. The van der Waals surface area contributed by atoms with Gasteiger partial charge in [0.2, 0.25) is 0 Å². The van der Waals surface area contributed by atoms with Crippen molar-refractivity contribution in [3.8, 4) is 0 Å². The van der Waals surface area contributed by atoms with Gasteiger partial charge in [-0.2, -0.15) is 0 Å². The van der Waals surface area contributed by atoms with Crippen LogP contribution in [0.3, 0.4) is 0 Å². The third-order valence-electron chi connectivity index (χ3n) is 2.19. The summed E-state index contributed by atoms with van der Waals surface area (Å²) in [6.07, 6.45) is 0. The Balaban J connectivity index is 2.25. The SMILES string of the molecule is O=C1COC[C@@H]1c1ccc(F)cc1. The van der Waals surface area contributed by atoms with Gasteiger partial charge in [0, 0.05) is 0 Å². The molecule has 0 bridgehead atoms. The zero-order valence-electron chi connectivity index (χ0n) is 7.00. The molecule has 2 nitrogen and oxygen atoms in total. The van der Waals surface area contributed by atoms with E-state index >= 15 is 0 Å². The molecule has 0 aromatic heterocycles. The predicted octanol–water partition coefficient (Wildman–Crippen LogP) is 1.51. The van der Waals surface area contributed by atoms with Gasteiger partial charge in [0.25, 0.3) is 0 Å². The minimum atomic E-state index is -0.282. The quantitative estimate of drug-likeness (QED) is 0.654. The summed E-state index contributed by atoms with van der Waals surface area (Å²) in [5.41, 5.74) is 0.837. The Morgan fingerprint density at radius 2 is 2.00 bits per heavy atom. The minimum absolute atomic E-state index is 0.0756. The number of carbonyl (C=O) groups excluding carboxylic acids is 1. The standard InChI is InChI=1S/C10H9FO2/c11-8-3-1-7(2-4-8)9-5-13-6-10(9)12/h1-4,9H,5-6H2/t9-/m1/s1. The number of Topliss-reactive ketones (excluding diaryl/α,β-unsaturated/α-hetero) is 1. The van der Waals surface area contributed by atoms with Crippen molar-refractivity contribution in [3.63, 3.8) is 0 Å². The maximum Gasteiger partial charge on any atom is 0.168 e. The van der Waals surface area contributed by atoms with Gasteiger partial charge in [-0.15, -0.1) is 0 Å². The summed E-state index contributed by atoms with van der Waals surface area (Å²) in [5, 5.41) is 0. The molecule has 0 aliphatic carbocycles. The molecule has 0 N–H and O–H groups in total. The number of rotatable bonds is 1. The van der Waals surface area contributed by atoms with Crippen molar-refractivity contribution in [2.45, 2.75) is 5.92 Å². The third kappa shape index (κ3) is 1.60. The lowest BCUT2D eigenvalue weighted by atomic mass is 9.98. The number of benzene rings is 1. The summed E-state index contributed by atoms with van der Waals surface area (Å²) in [6.45, 7) is 0.604. The van der Waals surface area contributed by atoms with Crippen LogP contribution in [-0.4, -0.2) is 19.0 Å². The molecule has 0 unspecified atom stereocenters. The fourth-order valence-electron chi connectivity index (χ4n) is 1.45. The zero-order chi connectivity index (χ0) is 9.26. The highest BCUT2D eigenvalue weighted by atomic mass is 19.1. The second-order valence-electron chi connectivity index (χ2n) is 3.09. The second-order valence-corrected chi connectivity index (χ2v) is 3.09. The molecule has 1 aromatic rings. The Morgan fingerprint density at radius 3 is 2.54 bits per heavy atom. The van der Waals surface area contributed by atoms with E-state index in [2.05, 4.69) is 0 Å². The molecule has 68 valence electrons. The van der Waals surface area contributed by atoms with E-state index in [1.165, 1.54) is 12.1 Å². The summed E-state index contributed by atoms with van der Waals surface area (Å²) < 4.78 is 17.6.